The number of rotatable bonds is 5. The van der Waals surface area contributed by atoms with Crippen LogP contribution in [0.15, 0.2) is 35.5 Å². The van der Waals surface area contributed by atoms with Gasteiger partial charge in [0.1, 0.15) is 17.4 Å². The van der Waals surface area contributed by atoms with Crippen LogP contribution in [0.2, 0.25) is 0 Å². The quantitative estimate of drug-likeness (QED) is 0.657. The minimum absolute atomic E-state index is 0.529. The lowest BCUT2D eigenvalue weighted by Gasteiger charge is -2.35. The zero-order chi connectivity index (χ0) is 16.9. The summed E-state index contributed by atoms with van der Waals surface area (Å²) in [6, 6.07) is 10.1. The molecular weight excluding hydrogens is 322 g/mol. The highest BCUT2D eigenvalue weighted by atomic mass is 32.2. The van der Waals surface area contributed by atoms with Crippen molar-refractivity contribution >= 4 is 23.4 Å². The lowest BCUT2D eigenvalue weighted by atomic mass is 10.1. The van der Waals surface area contributed by atoms with E-state index in [-0.39, 0.29) is 0 Å². The van der Waals surface area contributed by atoms with E-state index >= 15 is 0 Å². The number of hydrogen-bond acceptors (Lipinski definition) is 7. The van der Waals surface area contributed by atoms with Gasteiger partial charge in [0.05, 0.1) is 7.11 Å². The molecule has 0 radical (unpaired) electrons. The van der Waals surface area contributed by atoms with Crippen LogP contribution in [0, 0.1) is 0 Å². The molecule has 0 saturated carbocycles. The van der Waals surface area contributed by atoms with E-state index in [0.717, 1.165) is 49.4 Å². The molecule has 0 aliphatic carbocycles. The second kappa shape index (κ2) is 7.72. The van der Waals surface area contributed by atoms with Crippen molar-refractivity contribution in [1.82, 2.24) is 14.9 Å². The Morgan fingerprint density at radius 3 is 2.62 bits per heavy atom. The molecule has 0 bridgehead atoms. The fourth-order valence-electron chi connectivity index (χ4n) is 2.89. The Hall–Kier alpha value is -1.99. The van der Waals surface area contributed by atoms with Gasteiger partial charge in [0.2, 0.25) is 0 Å². The van der Waals surface area contributed by atoms with Crippen molar-refractivity contribution < 1.29 is 4.74 Å². The average molecular weight is 345 g/mol. The first-order valence-corrected chi connectivity index (χ1v) is 9.20. The van der Waals surface area contributed by atoms with Crippen LogP contribution in [0.25, 0.3) is 0 Å². The number of nitrogens with zero attached hydrogens (tertiary/aromatic N) is 4. The van der Waals surface area contributed by atoms with Gasteiger partial charge in [-0.05, 0) is 12.3 Å². The molecule has 1 saturated heterocycles. The van der Waals surface area contributed by atoms with Crippen molar-refractivity contribution in [2.24, 2.45) is 0 Å². The number of anilines is 2. The van der Waals surface area contributed by atoms with E-state index in [0.29, 0.717) is 5.82 Å². The molecule has 0 spiro atoms. The van der Waals surface area contributed by atoms with E-state index in [4.69, 9.17) is 10.5 Å². The van der Waals surface area contributed by atoms with Gasteiger partial charge < -0.3 is 15.4 Å². The van der Waals surface area contributed by atoms with Gasteiger partial charge in [-0.25, -0.2) is 9.97 Å². The molecule has 1 aliphatic rings. The number of para-hydroxylation sites is 1. The first-order valence-electron chi connectivity index (χ1n) is 7.97. The molecule has 128 valence electrons. The van der Waals surface area contributed by atoms with Crippen LogP contribution < -0.4 is 15.4 Å². The van der Waals surface area contributed by atoms with Gasteiger partial charge in [-0.1, -0.05) is 30.0 Å². The number of thioether (sulfide) groups is 1. The topological polar surface area (TPSA) is 67.5 Å². The number of piperazine rings is 1. The summed E-state index contributed by atoms with van der Waals surface area (Å²) < 4.78 is 5.45. The summed E-state index contributed by atoms with van der Waals surface area (Å²) in [4.78, 5) is 13.5. The highest BCUT2D eigenvalue weighted by molar-refractivity contribution is 7.98. The minimum Gasteiger partial charge on any atom is -0.496 e. The SMILES string of the molecule is COc1ccccc1CN1CCN(c2cc(N)nc(SC)n2)CC1. The Balaban J connectivity index is 1.62. The molecule has 2 N–H and O–H groups in total. The largest absolute Gasteiger partial charge is 0.496 e. The number of ether oxygens (including phenoxy) is 1. The fraction of sp³-hybridized carbons (Fsp3) is 0.412. The molecule has 0 amide bonds. The molecule has 6 nitrogen and oxygen atoms in total. The fourth-order valence-corrected chi connectivity index (χ4v) is 3.27. The minimum atomic E-state index is 0.529. The number of methoxy groups -OCH3 is 1. The van der Waals surface area contributed by atoms with Crippen molar-refractivity contribution in [3.05, 3.63) is 35.9 Å². The second-order valence-electron chi connectivity index (χ2n) is 5.71. The summed E-state index contributed by atoms with van der Waals surface area (Å²) >= 11 is 1.51. The lowest BCUT2D eigenvalue weighted by Crippen LogP contribution is -2.46. The third-order valence-electron chi connectivity index (χ3n) is 4.18. The van der Waals surface area contributed by atoms with Gasteiger partial charge in [0.25, 0.3) is 0 Å². The van der Waals surface area contributed by atoms with E-state index in [1.54, 1.807) is 7.11 Å². The highest BCUT2D eigenvalue weighted by Crippen LogP contribution is 2.22. The summed E-state index contributed by atoms with van der Waals surface area (Å²) in [5.41, 5.74) is 7.11. The number of hydrogen-bond donors (Lipinski definition) is 1. The average Bonchev–Trinajstić information content (AvgIpc) is 2.62. The summed E-state index contributed by atoms with van der Waals surface area (Å²) in [5.74, 6) is 2.40. The lowest BCUT2D eigenvalue weighted by molar-refractivity contribution is 0.245. The normalized spacial score (nSPS) is 15.5. The van der Waals surface area contributed by atoms with Crippen molar-refractivity contribution in [1.29, 1.82) is 0 Å². The van der Waals surface area contributed by atoms with Crippen LogP contribution in [-0.2, 0) is 6.54 Å². The van der Waals surface area contributed by atoms with Crippen molar-refractivity contribution in [2.75, 3.05) is 50.2 Å². The van der Waals surface area contributed by atoms with E-state index in [9.17, 15) is 0 Å². The molecule has 24 heavy (non-hydrogen) atoms. The standard InChI is InChI=1S/C17H23N5OS/c1-23-14-6-4-3-5-13(14)12-21-7-9-22(10-8-21)16-11-15(18)19-17(20-16)24-2/h3-6,11H,7-10,12H2,1-2H3,(H2,18,19,20). The van der Waals surface area contributed by atoms with Crippen LogP contribution in [-0.4, -0.2) is 54.4 Å². The van der Waals surface area contributed by atoms with E-state index in [1.807, 2.05) is 24.5 Å². The molecule has 1 aromatic heterocycles. The first kappa shape index (κ1) is 16.9. The van der Waals surface area contributed by atoms with Crippen molar-refractivity contribution in [3.63, 3.8) is 0 Å². The third-order valence-corrected chi connectivity index (χ3v) is 4.72. The molecule has 2 heterocycles. The van der Waals surface area contributed by atoms with Crippen LogP contribution in [0.4, 0.5) is 11.6 Å². The first-order chi connectivity index (χ1) is 11.7. The van der Waals surface area contributed by atoms with E-state index < -0.39 is 0 Å². The molecule has 2 aromatic rings. The molecule has 7 heteroatoms. The number of nitrogens with two attached hydrogens (primary N) is 1. The Kier molecular flexibility index (Phi) is 5.42. The summed E-state index contributed by atoms with van der Waals surface area (Å²) in [6.07, 6.45) is 1.96. The number of aromatic nitrogens is 2. The molecular formula is C17H23N5OS. The predicted octanol–water partition coefficient (Wildman–Crippen LogP) is 2.11. The smallest absolute Gasteiger partial charge is 0.191 e. The molecule has 0 unspecified atom stereocenters. The predicted molar refractivity (Wildman–Crippen MR) is 98.7 cm³/mol. The monoisotopic (exact) mass is 345 g/mol. The van der Waals surface area contributed by atoms with Crippen molar-refractivity contribution in [3.8, 4) is 5.75 Å². The van der Waals surface area contributed by atoms with Crippen LogP contribution in [0.1, 0.15) is 5.56 Å². The second-order valence-corrected chi connectivity index (χ2v) is 6.49. The molecule has 0 atom stereocenters. The Labute approximate surface area is 147 Å². The Bertz CT molecular complexity index is 688. The van der Waals surface area contributed by atoms with Gasteiger partial charge in [-0.2, -0.15) is 0 Å². The highest BCUT2D eigenvalue weighted by Gasteiger charge is 2.20. The van der Waals surface area contributed by atoms with E-state index in [2.05, 4.69) is 31.9 Å². The number of benzene rings is 1. The van der Waals surface area contributed by atoms with Crippen molar-refractivity contribution in [2.45, 2.75) is 11.7 Å². The van der Waals surface area contributed by atoms with E-state index in [1.165, 1.54) is 17.3 Å². The zero-order valence-corrected chi connectivity index (χ0v) is 14.9. The van der Waals surface area contributed by atoms with Gasteiger partial charge in [0, 0.05) is 44.4 Å². The molecule has 1 aromatic carbocycles. The van der Waals surface area contributed by atoms with Crippen LogP contribution in [0.5, 0.6) is 5.75 Å². The van der Waals surface area contributed by atoms with Gasteiger partial charge >= 0.3 is 0 Å². The summed E-state index contributed by atoms with van der Waals surface area (Å²) in [5, 5.41) is 0.724. The maximum absolute atomic E-state index is 5.89. The Morgan fingerprint density at radius 1 is 1.17 bits per heavy atom. The molecule has 3 rings (SSSR count). The number of nitrogen functional groups attached to an aromatic ring is 1. The summed E-state index contributed by atoms with van der Waals surface area (Å²) in [7, 11) is 1.72. The summed E-state index contributed by atoms with van der Waals surface area (Å²) in [6.45, 7) is 4.73. The maximum atomic E-state index is 5.89. The maximum Gasteiger partial charge on any atom is 0.191 e. The zero-order valence-electron chi connectivity index (χ0n) is 14.1. The molecule has 1 aliphatic heterocycles. The van der Waals surface area contributed by atoms with Crippen LogP contribution >= 0.6 is 11.8 Å². The molecule has 1 fully saturated rings. The van der Waals surface area contributed by atoms with Gasteiger partial charge in [0.15, 0.2) is 5.16 Å². The Morgan fingerprint density at radius 2 is 1.92 bits per heavy atom. The van der Waals surface area contributed by atoms with Crippen LogP contribution in [0.3, 0.4) is 0 Å². The van der Waals surface area contributed by atoms with Gasteiger partial charge in [-0.15, -0.1) is 0 Å². The third kappa shape index (κ3) is 3.91. The van der Waals surface area contributed by atoms with Gasteiger partial charge in [-0.3, -0.25) is 4.90 Å².